The van der Waals surface area contributed by atoms with Crippen LogP contribution in [-0.2, 0) is 6.42 Å². The third-order valence-electron chi connectivity index (χ3n) is 3.77. The molecule has 17 heavy (non-hydrogen) atoms. The molecule has 2 aliphatic rings. The second-order valence-corrected chi connectivity index (χ2v) is 6.24. The van der Waals surface area contributed by atoms with Crippen LogP contribution in [0.2, 0.25) is 0 Å². The molecule has 0 saturated carbocycles. The highest BCUT2D eigenvalue weighted by atomic mass is 32.2. The van der Waals surface area contributed by atoms with Gasteiger partial charge in [0.2, 0.25) is 0 Å². The second kappa shape index (κ2) is 4.98. The standard InChI is InChI=1S/C12H19N3OS/c16-8-9-4-3-6-11-13-14-12(15(9)11)10-5-1-2-7-17-10/h9-10,16H,1-8H2. The molecule has 4 nitrogen and oxygen atoms in total. The van der Waals surface area contributed by atoms with E-state index in [9.17, 15) is 5.11 Å². The van der Waals surface area contributed by atoms with Crippen LogP contribution in [0.4, 0.5) is 0 Å². The second-order valence-electron chi connectivity index (χ2n) is 4.93. The maximum atomic E-state index is 9.50. The minimum atomic E-state index is 0.214. The average molecular weight is 253 g/mol. The largest absolute Gasteiger partial charge is 0.394 e. The van der Waals surface area contributed by atoms with Crippen molar-refractivity contribution in [3.63, 3.8) is 0 Å². The monoisotopic (exact) mass is 253 g/mol. The molecule has 1 saturated heterocycles. The van der Waals surface area contributed by atoms with Crippen LogP contribution in [-0.4, -0.2) is 32.2 Å². The van der Waals surface area contributed by atoms with Gasteiger partial charge in [-0.15, -0.1) is 10.2 Å². The number of aliphatic hydroxyl groups excluding tert-OH is 1. The van der Waals surface area contributed by atoms with Crippen molar-refractivity contribution in [1.82, 2.24) is 14.8 Å². The summed E-state index contributed by atoms with van der Waals surface area (Å²) in [4.78, 5) is 0. The van der Waals surface area contributed by atoms with Gasteiger partial charge in [-0.05, 0) is 31.4 Å². The fourth-order valence-corrected chi connectivity index (χ4v) is 4.17. The molecule has 1 N–H and O–H groups in total. The van der Waals surface area contributed by atoms with E-state index in [4.69, 9.17) is 0 Å². The molecule has 1 fully saturated rings. The van der Waals surface area contributed by atoms with E-state index in [0.29, 0.717) is 5.25 Å². The summed E-state index contributed by atoms with van der Waals surface area (Å²) >= 11 is 2.00. The van der Waals surface area contributed by atoms with Gasteiger partial charge < -0.3 is 9.67 Å². The molecule has 3 rings (SSSR count). The van der Waals surface area contributed by atoms with Gasteiger partial charge in [-0.25, -0.2) is 0 Å². The zero-order chi connectivity index (χ0) is 11.7. The number of aromatic nitrogens is 3. The molecule has 1 aromatic rings. The molecule has 3 heterocycles. The highest BCUT2D eigenvalue weighted by Gasteiger charge is 2.29. The van der Waals surface area contributed by atoms with Gasteiger partial charge in [0.15, 0.2) is 0 Å². The molecule has 2 unspecified atom stereocenters. The topological polar surface area (TPSA) is 50.9 Å². The molecule has 0 bridgehead atoms. The summed E-state index contributed by atoms with van der Waals surface area (Å²) in [6.45, 7) is 0.218. The number of fused-ring (bicyclic) bond motifs is 1. The van der Waals surface area contributed by atoms with Gasteiger partial charge in [0.25, 0.3) is 0 Å². The fourth-order valence-electron chi connectivity index (χ4n) is 2.87. The fraction of sp³-hybridized carbons (Fsp3) is 0.833. The first-order valence-corrected chi connectivity index (χ1v) is 7.61. The van der Waals surface area contributed by atoms with Gasteiger partial charge in [0.1, 0.15) is 11.6 Å². The van der Waals surface area contributed by atoms with Crippen LogP contribution in [0.15, 0.2) is 0 Å². The minimum absolute atomic E-state index is 0.214. The lowest BCUT2D eigenvalue weighted by molar-refractivity contribution is 0.203. The maximum Gasteiger partial charge on any atom is 0.146 e. The Morgan fingerprint density at radius 1 is 1.24 bits per heavy atom. The molecular formula is C12H19N3OS. The predicted molar refractivity (Wildman–Crippen MR) is 68.1 cm³/mol. The first kappa shape index (κ1) is 11.5. The van der Waals surface area contributed by atoms with Gasteiger partial charge in [0, 0.05) is 6.42 Å². The summed E-state index contributed by atoms with van der Waals surface area (Å²) in [6.07, 6.45) is 7.03. The number of thioether (sulfide) groups is 1. The van der Waals surface area contributed by atoms with E-state index in [2.05, 4.69) is 14.8 Å². The van der Waals surface area contributed by atoms with Gasteiger partial charge in [-0.3, -0.25) is 0 Å². The van der Waals surface area contributed by atoms with Crippen molar-refractivity contribution < 1.29 is 5.11 Å². The quantitative estimate of drug-likeness (QED) is 0.877. The summed E-state index contributed by atoms with van der Waals surface area (Å²) in [5.74, 6) is 3.43. The van der Waals surface area contributed by atoms with Crippen molar-refractivity contribution in [2.45, 2.75) is 49.8 Å². The van der Waals surface area contributed by atoms with Crippen molar-refractivity contribution in [1.29, 1.82) is 0 Å². The normalized spacial score (nSPS) is 29.0. The van der Waals surface area contributed by atoms with Crippen molar-refractivity contribution in [3.8, 4) is 0 Å². The summed E-state index contributed by atoms with van der Waals surface area (Å²) in [5, 5.41) is 18.7. The Labute approximate surface area is 106 Å². The van der Waals surface area contributed by atoms with Crippen LogP contribution in [0.1, 0.15) is 55.0 Å². The molecular weight excluding hydrogens is 234 g/mol. The molecule has 0 spiro atoms. The number of aryl methyl sites for hydroxylation is 1. The number of rotatable bonds is 2. The van der Waals surface area contributed by atoms with Crippen LogP contribution in [0.5, 0.6) is 0 Å². The van der Waals surface area contributed by atoms with E-state index < -0.39 is 0 Å². The Balaban J connectivity index is 1.91. The lowest BCUT2D eigenvalue weighted by Gasteiger charge is -2.28. The molecule has 94 valence electrons. The van der Waals surface area contributed by atoms with Gasteiger partial charge in [-0.2, -0.15) is 11.8 Å². The lowest BCUT2D eigenvalue weighted by atomic mass is 10.0. The van der Waals surface area contributed by atoms with E-state index in [0.717, 1.165) is 30.9 Å². The van der Waals surface area contributed by atoms with Crippen LogP contribution in [0.3, 0.4) is 0 Å². The van der Waals surface area contributed by atoms with Crippen molar-refractivity contribution >= 4 is 11.8 Å². The SMILES string of the molecule is OCC1CCCc2nnc(C3CCCCS3)n21. The number of hydrogen-bond donors (Lipinski definition) is 1. The van der Waals surface area contributed by atoms with Crippen LogP contribution in [0.25, 0.3) is 0 Å². The van der Waals surface area contributed by atoms with E-state index >= 15 is 0 Å². The zero-order valence-corrected chi connectivity index (χ0v) is 10.8. The Kier molecular flexibility index (Phi) is 3.38. The van der Waals surface area contributed by atoms with Gasteiger partial charge in [-0.1, -0.05) is 6.42 Å². The molecule has 0 amide bonds. The Hall–Kier alpha value is -0.550. The summed E-state index contributed by atoms with van der Waals surface area (Å²) in [6, 6.07) is 0.214. The molecule has 5 heteroatoms. The molecule has 0 aliphatic carbocycles. The highest BCUT2D eigenvalue weighted by Crippen LogP contribution is 2.39. The zero-order valence-electron chi connectivity index (χ0n) is 10.0. The van der Waals surface area contributed by atoms with Crippen molar-refractivity contribution in [2.75, 3.05) is 12.4 Å². The lowest BCUT2D eigenvalue weighted by Crippen LogP contribution is -2.24. The minimum Gasteiger partial charge on any atom is -0.394 e. The summed E-state index contributed by atoms with van der Waals surface area (Å²) < 4.78 is 2.23. The first-order valence-electron chi connectivity index (χ1n) is 6.56. The first-order chi connectivity index (χ1) is 8.40. The third-order valence-corrected chi connectivity index (χ3v) is 5.15. The molecule has 2 atom stereocenters. The van der Waals surface area contributed by atoms with Crippen LogP contribution < -0.4 is 0 Å². The average Bonchev–Trinajstić information content (AvgIpc) is 2.83. The van der Waals surface area contributed by atoms with Crippen LogP contribution in [0, 0.1) is 0 Å². The third kappa shape index (κ3) is 2.10. The van der Waals surface area contributed by atoms with Gasteiger partial charge in [0.05, 0.1) is 17.9 Å². The molecule has 0 aromatic carbocycles. The smallest absolute Gasteiger partial charge is 0.146 e. The number of nitrogens with zero attached hydrogens (tertiary/aromatic N) is 3. The highest BCUT2D eigenvalue weighted by molar-refractivity contribution is 7.99. The van der Waals surface area contributed by atoms with Crippen molar-refractivity contribution in [3.05, 3.63) is 11.6 Å². The molecule has 2 aliphatic heterocycles. The van der Waals surface area contributed by atoms with E-state index in [1.165, 1.54) is 25.0 Å². The van der Waals surface area contributed by atoms with Crippen LogP contribution >= 0.6 is 11.8 Å². The predicted octanol–water partition coefficient (Wildman–Crippen LogP) is 2.11. The maximum absolute atomic E-state index is 9.50. The number of aliphatic hydroxyl groups is 1. The van der Waals surface area contributed by atoms with Crippen molar-refractivity contribution in [2.24, 2.45) is 0 Å². The van der Waals surface area contributed by atoms with E-state index in [1.54, 1.807) is 0 Å². The summed E-state index contributed by atoms with van der Waals surface area (Å²) in [7, 11) is 0. The Morgan fingerprint density at radius 2 is 2.18 bits per heavy atom. The Morgan fingerprint density at radius 3 is 2.94 bits per heavy atom. The van der Waals surface area contributed by atoms with Gasteiger partial charge >= 0.3 is 0 Å². The molecule has 0 radical (unpaired) electrons. The Bertz CT molecular complexity index is 387. The van der Waals surface area contributed by atoms with E-state index in [-0.39, 0.29) is 12.6 Å². The summed E-state index contributed by atoms with van der Waals surface area (Å²) in [5.41, 5.74) is 0. The number of hydrogen-bond acceptors (Lipinski definition) is 4. The van der Waals surface area contributed by atoms with E-state index in [1.807, 2.05) is 11.8 Å². The molecule has 1 aromatic heterocycles.